The van der Waals surface area contributed by atoms with E-state index in [1.54, 1.807) is 0 Å². The number of aromatic nitrogens is 3. The molecule has 29 heavy (non-hydrogen) atoms. The molecule has 5 nitrogen and oxygen atoms in total. The highest BCUT2D eigenvalue weighted by atomic mass is 16.3. The molecule has 0 saturated carbocycles. The summed E-state index contributed by atoms with van der Waals surface area (Å²) >= 11 is 0. The van der Waals surface area contributed by atoms with Crippen LogP contribution in [0.25, 0.3) is 21.9 Å². The SMILES string of the molecule is Cc1ccc2c(c1)c1c(n2C[C@H](O)Cn2c(C)nc3ccccc32)C(=O)CCC1. The van der Waals surface area contributed by atoms with E-state index in [0.717, 1.165) is 51.9 Å². The number of aliphatic hydroxyl groups is 1. The summed E-state index contributed by atoms with van der Waals surface area (Å²) in [6, 6.07) is 14.3. The fourth-order valence-corrected chi connectivity index (χ4v) is 4.75. The second-order valence-corrected chi connectivity index (χ2v) is 8.15. The zero-order valence-corrected chi connectivity index (χ0v) is 16.9. The third-order valence-corrected chi connectivity index (χ3v) is 6.05. The Morgan fingerprint density at radius 2 is 1.83 bits per heavy atom. The van der Waals surface area contributed by atoms with Gasteiger partial charge in [0.05, 0.1) is 35.9 Å². The zero-order chi connectivity index (χ0) is 20.1. The van der Waals surface area contributed by atoms with Crippen molar-refractivity contribution in [2.45, 2.75) is 52.3 Å². The summed E-state index contributed by atoms with van der Waals surface area (Å²) in [4.78, 5) is 17.4. The largest absolute Gasteiger partial charge is 0.389 e. The van der Waals surface area contributed by atoms with E-state index in [2.05, 4.69) is 34.7 Å². The van der Waals surface area contributed by atoms with E-state index >= 15 is 0 Å². The first-order valence-corrected chi connectivity index (χ1v) is 10.3. The number of hydrogen-bond acceptors (Lipinski definition) is 3. The number of Topliss-reactive ketones (excluding diaryl/α,β-unsaturated/α-hetero) is 1. The molecule has 2 aromatic heterocycles. The Morgan fingerprint density at radius 3 is 2.69 bits per heavy atom. The molecular weight excluding hydrogens is 362 g/mol. The first kappa shape index (κ1) is 18.1. The molecule has 2 heterocycles. The molecule has 5 rings (SSSR count). The number of hydrogen-bond donors (Lipinski definition) is 1. The molecule has 0 unspecified atom stereocenters. The molecule has 4 aromatic rings. The summed E-state index contributed by atoms with van der Waals surface area (Å²) in [5.74, 6) is 1.08. The van der Waals surface area contributed by atoms with Crippen molar-refractivity contribution in [1.82, 2.24) is 14.1 Å². The Kier molecular flexibility index (Phi) is 4.28. The van der Waals surface area contributed by atoms with E-state index in [1.165, 1.54) is 5.56 Å². The van der Waals surface area contributed by atoms with Crippen LogP contribution in [-0.2, 0) is 19.5 Å². The van der Waals surface area contributed by atoms with Crippen LogP contribution in [0.4, 0.5) is 0 Å². The standard InChI is InChI=1S/C24H25N3O2/c1-15-10-11-21-19(12-15)18-6-5-9-23(29)24(18)27(21)14-17(28)13-26-16(2)25-20-7-3-4-8-22(20)26/h3-4,7-8,10-12,17,28H,5-6,9,13-14H2,1-2H3/t17-/m1/s1. The van der Waals surface area contributed by atoms with Crippen LogP contribution in [0.2, 0.25) is 0 Å². The van der Waals surface area contributed by atoms with Crippen LogP contribution < -0.4 is 0 Å². The molecule has 0 spiro atoms. The van der Waals surface area contributed by atoms with Crippen molar-refractivity contribution < 1.29 is 9.90 Å². The molecule has 0 aliphatic heterocycles. The molecule has 0 saturated heterocycles. The van der Waals surface area contributed by atoms with Gasteiger partial charge in [0.1, 0.15) is 5.82 Å². The summed E-state index contributed by atoms with van der Waals surface area (Å²) in [7, 11) is 0. The molecule has 1 N–H and O–H groups in total. The first-order chi connectivity index (χ1) is 14.0. The number of para-hydroxylation sites is 2. The number of nitrogens with zero attached hydrogens (tertiary/aromatic N) is 3. The Morgan fingerprint density at radius 1 is 1.03 bits per heavy atom. The molecule has 0 radical (unpaired) electrons. The van der Waals surface area contributed by atoms with E-state index in [-0.39, 0.29) is 5.78 Å². The van der Waals surface area contributed by atoms with Gasteiger partial charge in [0.15, 0.2) is 5.78 Å². The van der Waals surface area contributed by atoms with Gasteiger partial charge in [-0.05, 0) is 56.5 Å². The number of carbonyl (C=O) groups is 1. The predicted octanol–water partition coefficient (Wildman–Crippen LogP) is 4.19. The number of benzene rings is 2. The van der Waals surface area contributed by atoms with Crippen LogP contribution in [0.15, 0.2) is 42.5 Å². The summed E-state index contributed by atoms with van der Waals surface area (Å²) < 4.78 is 4.11. The van der Waals surface area contributed by atoms with Gasteiger partial charge >= 0.3 is 0 Å². The van der Waals surface area contributed by atoms with Crippen molar-refractivity contribution in [2.24, 2.45) is 0 Å². The fourth-order valence-electron chi connectivity index (χ4n) is 4.75. The minimum Gasteiger partial charge on any atom is -0.389 e. The van der Waals surface area contributed by atoms with Gasteiger partial charge in [-0.25, -0.2) is 4.98 Å². The molecular formula is C24H25N3O2. The van der Waals surface area contributed by atoms with Gasteiger partial charge in [0, 0.05) is 17.3 Å². The van der Waals surface area contributed by atoms with E-state index in [9.17, 15) is 9.90 Å². The second kappa shape index (κ2) is 6.85. The smallest absolute Gasteiger partial charge is 0.179 e. The van der Waals surface area contributed by atoms with Crippen LogP contribution in [0.1, 0.15) is 40.3 Å². The summed E-state index contributed by atoms with van der Waals surface area (Å²) in [6.07, 6.45) is 1.79. The second-order valence-electron chi connectivity index (χ2n) is 8.15. The third kappa shape index (κ3) is 2.97. The van der Waals surface area contributed by atoms with Crippen LogP contribution in [0.3, 0.4) is 0 Å². The van der Waals surface area contributed by atoms with Crippen molar-refractivity contribution >= 4 is 27.7 Å². The van der Waals surface area contributed by atoms with E-state index in [0.29, 0.717) is 19.5 Å². The highest BCUT2D eigenvalue weighted by Crippen LogP contribution is 2.33. The Balaban J connectivity index is 1.54. The number of aliphatic hydroxyl groups excluding tert-OH is 1. The molecule has 5 heteroatoms. The summed E-state index contributed by atoms with van der Waals surface area (Å²) in [6.45, 7) is 4.88. The zero-order valence-electron chi connectivity index (χ0n) is 16.9. The number of ketones is 1. The van der Waals surface area contributed by atoms with Gasteiger partial charge in [-0.1, -0.05) is 23.8 Å². The molecule has 1 atom stereocenters. The highest BCUT2D eigenvalue weighted by molar-refractivity contribution is 6.04. The lowest BCUT2D eigenvalue weighted by Crippen LogP contribution is -2.25. The molecule has 0 amide bonds. The average molecular weight is 387 g/mol. The maximum absolute atomic E-state index is 12.8. The molecule has 0 bridgehead atoms. The maximum atomic E-state index is 12.8. The van der Waals surface area contributed by atoms with Gasteiger partial charge in [-0.3, -0.25) is 4.79 Å². The quantitative estimate of drug-likeness (QED) is 0.571. The summed E-state index contributed by atoms with van der Waals surface area (Å²) in [5, 5.41) is 12.2. The van der Waals surface area contributed by atoms with Gasteiger partial charge < -0.3 is 14.2 Å². The third-order valence-electron chi connectivity index (χ3n) is 6.05. The van der Waals surface area contributed by atoms with Gasteiger partial charge in [-0.15, -0.1) is 0 Å². The topological polar surface area (TPSA) is 60.1 Å². The van der Waals surface area contributed by atoms with Crippen molar-refractivity contribution in [3.8, 4) is 0 Å². The average Bonchev–Trinajstić information content (AvgIpc) is 3.18. The maximum Gasteiger partial charge on any atom is 0.179 e. The van der Waals surface area contributed by atoms with Crippen LogP contribution in [0.5, 0.6) is 0 Å². The van der Waals surface area contributed by atoms with Crippen LogP contribution in [-0.4, -0.2) is 31.1 Å². The number of rotatable bonds is 4. The monoisotopic (exact) mass is 387 g/mol. The van der Waals surface area contributed by atoms with Gasteiger partial charge in [0.2, 0.25) is 0 Å². The lowest BCUT2D eigenvalue weighted by molar-refractivity contribution is 0.0953. The van der Waals surface area contributed by atoms with Crippen molar-refractivity contribution in [1.29, 1.82) is 0 Å². The molecule has 148 valence electrons. The number of carbonyl (C=O) groups excluding carboxylic acids is 1. The van der Waals surface area contributed by atoms with Crippen molar-refractivity contribution in [3.05, 3.63) is 65.1 Å². The van der Waals surface area contributed by atoms with Gasteiger partial charge in [-0.2, -0.15) is 0 Å². The Hall–Kier alpha value is -2.92. The minimum atomic E-state index is -0.623. The minimum absolute atomic E-state index is 0.191. The number of fused-ring (bicyclic) bond motifs is 4. The molecule has 1 aliphatic rings. The van der Waals surface area contributed by atoms with E-state index in [1.807, 2.05) is 35.8 Å². The van der Waals surface area contributed by atoms with Gasteiger partial charge in [0.25, 0.3) is 0 Å². The fraction of sp³-hybridized carbons (Fsp3) is 0.333. The Bertz CT molecular complexity index is 1250. The van der Waals surface area contributed by atoms with E-state index in [4.69, 9.17) is 0 Å². The lowest BCUT2D eigenvalue weighted by atomic mass is 9.94. The van der Waals surface area contributed by atoms with Crippen molar-refractivity contribution in [3.63, 3.8) is 0 Å². The number of imidazole rings is 1. The molecule has 1 aliphatic carbocycles. The van der Waals surface area contributed by atoms with Crippen LogP contribution in [0, 0.1) is 13.8 Å². The lowest BCUT2D eigenvalue weighted by Gasteiger charge is -2.19. The Labute approximate surface area is 169 Å². The first-order valence-electron chi connectivity index (χ1n) is 10.3. The molecule has 0 fully saturated rings. The summed E-state index contributed by atoms with van der Waals surface area (Å²) in [5.41, 5.74) is 6.14. The van der Waals surface area contributed by atoms with Crippen LogP contribution >= 0.6 is 0 Å². The predicted molar refractivity (Wildman–Crippen MR) is 114 cm³/mol. The van der Waals surface area contributed by atoms with E-state index < -0.39 is 6.10 Å². The normalized spacial score (nSPS) is 15.2. The molecule has 2 aromatic carbocycles. The highest BCUT2D eigenvalue weighted by Gasteiger charge is 2.27. The number of aryl methyl sites for hydroxylation is 3. The van der Waals surface area contributed by atoms with Crippen molar-refractivity contribution in [2.75, 3.05) is 0 Å².